The number of hydrogen-bond donors (Lipinski definition) is 2. The van der Waals surface area contributed by atoms with Crippen molar-refractivity contribution in [2.24, 2.45) is 5.73 Å². The third kappa shape index (κ3) is 1.90. The van der Waals surface area contributed by atoms with Gasteiger partial charge in [-0.05, 0) is 17.7 Å². The molecule has 7 heteroatoms. The van der Waals surface area contributed by atoms with Crippen molar-refractivity contribution >= 4 is 27.4 Å². The van der Waals surface area contributed by atoms with E-state index >= 15 is 0 Å². The van der Waals surface area contributed by atoms with E-state index in [0.29, 0.717) is 10.6 Å². The smallest absolute Gasteiger partial charge is 0.325 e. The fraction of sp³-hybridized carbons (Fsp3) is 0.364. The van der Waals surface area contributed by atoms with Gasteiger partial charge in [0.15, 0.2) is 9.84 Å². The SMILES string of the molecule is CS(=O)(=O)C1C(c2cccc(Cl)c2)C1(N)C(=O)O. The molecule has 3 N–H and O–H groups in total. The Morgan fingerprint density at radius 1 is 1.50 bits per heavy atom. The first-order chi connectivity index (χ1) is 8.19. The summed E-state index contributed by atoms with van der Waals surface area (Å²) >= 11 is 5.81. The fourth-order valence-corrected chi connectivity index (χ4v) is 4.33. The van der Waals surface area contributed by atoms with Crippen LogP contribution in [-0.4, -0.2) is 36.5 Å². The zero-order valence-corrected chi connectivity index (χ0v) is 11.1. The number of benzene rings is 1. The first-order valence-corrected chi connectivity index (χ1v) is 7.49. The Morgan fingerprint density at radius 3 is 2.50 bits per heavy atom. The number of sulfone groups is 1. The molecule has 1 aliphatic rings. The van der Waals surface area contributed by atoms with Gasteiger partial charge in [0, 0.05) is 17.2 Å². The van der Waals surface area contributed by atoms with Gasteiger partial charge < -0.3 is 10.8 Å². The number of aliphatic carboxylic acids is 1. The summed E-state index contributed by atoms with van der Waals surface area (Å²) < 4.78 is 23.2. The van der Waals surface area contributed by atoms with Crippen LogP contribution in [-0.2, 0) is 14.6 Å². The van der Waals surface area contributed by atoms with Crippen molar-refractivity contribution in [3.63, 3.8) is 0 Å². The maximum atomic E-state index is 11.6. The normalized spacial score (nSPS) is 31.1. The third-order valence-corrected chi connectivity index (χ3v) is 5.04. The van der Waals surface area contributed by atoms with Crippen LogP contribution in [0.3, 0.4) is 0 Å². The lowest BCUT2D eigenvalue weighted by molar-refractivity contribution is -0.139. The van der Waals surface area contributed by atoms with Crippen LogP contribution in [0.4, 0.5) is 0 Å². The summed E-state index contributed by atoms with van der Waals surface area (Å²) in [7, 11) is -3.54. The van der Waals surface area contributed by atoms with Crippen molar-refractivity contribution in [2.45, 2.75) is 16.7 Å². The van der Waals surface area contributed by atoms with Crippen LogP contribution in [0, 0.1) is 0 Å². The van der Waals surface area contributed by atoms with Crippen LogP contribution < -0.4 is 5.73 Å². The summed E-state index contributed by atoms with van der Waals surface area (Å²) in [6.07, 6.45) is 0.993. The number of nitrogens with two attached hydrogens (primary N) is 1. The molecule has 1 aliphatic carbocycles. The lowest BCUT2D eigenvalue weighted by Gasteiger charge is -2.04. The molecule has 3 unspecified atom stereocenters. The van der Waals surface area contributed by atoms with E-state index in [4.69, 9.17) is 22.4 Å². The molecule has 2 rings (SSSR count). The minimum absolute atomic E-state index is 0.416. The molecule has 3 atom stereocenters. The highest BCUT2D eigenvalue weighted by Crippen LogP contribution is 2.54. The van der Waals surface area contributed by atoms with Gasteiger partial charge in [-0.2, -0.15) is 0 Å². The average molecular weight is 290 g/mol. The molecular formula is C11H12ClNO4S. The Kier molecular flexibility index (Phi) is 2.92. The second-order valence-electron chi connectivity index (χ2n) is 4.52. The zero-order valence-electron chi connectivity index (χ0n) is 9.50. The quantitative estimate of drug-likeness (QED) is 0.851. The molecule has 0 bridgehead atoms. The highest BCUT2D eigenvalue weighted by atomic mass is 35.5. The van der Waals surface area contributed by atoms with Gasteiger partial charge in [-0.15, -0.1) is 0 Å². The van der Waals surface area contributed by atoms with Gasteiger partial charge in [-0.25, -0.2) is 8.42 Å². The average Bonchev–Trinajstić information content (AvgIpc) is 2.86. The molecule has 18 heavy (non-hydrogen) atoms. The summed E-state index contributed by atoms with van der Waals surface area (Å²) in [4.78, 5) is 11.2. The lowest BCUT2D eigenvalue weighted by Crippen LogP contribution is -2.39. The van der Waals surface area contributed by atoms with Crippen molar-refractivity contribution in [3.8, 4) is 0 Å². The van der Waals surface area contributed by atoms with E-state index < -0.39 is 32.5 Å². The van der Waals surface area contributed by atoms with E-state index in [0.717, 1.165) is 6.26 Å². The predicted molar refractivity (Wildman–Crippen MR) is 67.4 cm³/mol. The first kappa shape index (κ1) is 13.3. The van der Waals surface area contributed by atoms with Gasteiger partial charge in [0.1, 0.15) is 5.54 Å². The molecule has 0 amide bonds. The van der Waals surface area contributed by atoms with Crippen LogP contribution in [0.25, 0.3) is 0 Å². The van der Waals surface area contributed by atoms with Crippen LogP contribution in [0.15, 0.2) is 24.3 Å². The Balaban J connectivity index is 2.49. The highest BCUT2D eigenvalue weighted by Gasteiger charge is 2.73. The van der Waals surface area contributed by atoms with Gasteiger partial charge in [-0.1, -0.05) is 23.7 Å². The molecule has 1 fully saturated rings. The third-order valence-electron chi connectivity index (χ3n) is 3.22. The Bertz CT molecular complexity index is 615. The predicted octanol–water partition coefficient (Wildman–Crippen LogP) is 0.633. The van der Waals surface area contributed by atoms with Gasteiger partial charge in [-0.3, -0.25) is 4.79 Å². The molecule has 5 nitrogen and oxygen atoms in total. The van der Waals surface area contributed by atoms with Crippen LogP contribution in [0.5, 0.6) is 0 Å². The number of hydrogen-bond acceptors (Lipinski definition) is 4. The molecule has 0 spiro atoms. The summed E-state index contributed by atoms with van der Waals surface area (Å²) in [6.45, 7) is 0. The standard InChI is InChI=1S/C11H12ClNO4S/c1-18(16,17)9-8(11(9,13)10(14)15)6-3-2-4-7(12)5-6/h2-5,8-9H,13H2,1H3,(H,14,15). The highest BCUT2D eigenvalue weighted by molar-refractivity contribution is 7.91. The van der Waals surface area contributed by atoms with Crippen molar-refractivity contribution in [1.29, 1.82) is 0 Å². The fourth-order valence-electron chi connectivity index (χ4n) is 2.38. The second-order valence-corrected chi connectivity index (χ2v) is 7.12. The molecule has 0 saturated heterocycles. The minimum atomic E-state index is -3.54. The zero-order chi connectivity index (χ0) is 13.7. The molecule has 0 aliphatic heterocycles. The summed E-state index contributed by atoms with van der Waals surface area (Å²) in [5, 5.41) is 8.43. The van der Waals surface area contributed by atoms with Crippen LogP contribution in [0.2, 0.25) is 5.02 Å². The van der Waals surface area contributed by atoms with Gasteiger partial charge in [0.05, 0.1) is 5.25 Å². The van der Waals surface area contributed by atoms with Crippen molar-refractivity contribution in [2.75, 3.05) is 6.26 Å². The maximum absolute atomic E-state index is 11.6. The number of rotatable bonds is 3. The Labute approximate surface area is 109 Å². The Morgan fingerprint density at radius 2 is 2.11 bits per heavy atom. The van der Waals surface area contributed by atoms with Crippen molar-refractivity contribution in [3.05, 3.63) is 34.9 Å². The van der Waals surface area contributed by atoms with Crippen molar-refractivity contribution < 1.29 is 18.3 Å². The summed E-state index contributed by atoms with van der Waals surface area (Å²) in [5.41, 5.74) is 4.49. The molecular weight excluding hydrogens is 278 g/mol. The Hall–Kier alpha value is -1.11. The van der Waals surface area contributed by atoms with Gasteiger partial charge in [0.25, 0.3) is 0 Å². The molecule has 98 valence electrons. The van der Waals surface area contributed by atoms with E-state index in [2.05, 4.69) is 0 Å². The molecule has 1 saturated carbocycles. The van der Waals surface area contributed by atoms with E-state index in [1.807, 2.05) is 0 Å². The summed E-state index contributed by atoms with van der Waals surface area (Å²) in [5.74, 6) is -2.08. The van der Waals surface area contributed by atoms with Crippen LogP contribution >= 0.6 is 11.6 Å². The maximum Gasteiger partial charge on any atom is 0.325 e. The molecule has 1 aromatic carbocycles. The summed E-state index contributed by atoms with van der Waals surface area (Å²) in [6, 6.07) is 6.44. The lowest BCUT2D eigenvalue weighted by atomic mass is 10.1. The van der Waals surface area contributed by atoms with Crippen molar-refractivity contribution in [1.82, 2.24) is 0 Å². The molecule has 1 aromatic rings. The topological polar surface area (TPSA) is 97.5 Å². The monoisotopic (exact) mass is 289 g/mol. The molecule has 0 radical (unpaired) electrons. The van der Waals surface area contributed by atoms with E-state index in [1.54, 1.807) is 24.3 Å². The van der Waals surface area contributed by atoms with Gasteiger partial charge >= 0.3 is 5.97 Å². The first-order valence-electron chi connectivity index (χ1n) is 5.15. The number of halogens is 1. The molecule has 0 heterocycles. The second kappa shape index (κ2) is 3.94. The number of carbonyl (C=O) groups is 1. The number of carboxylic acid groups (broad SMARTS) is 1. The van der Waals surface area contributed by atoms with E-state index in [1.165, 1.54) is 0 Å². The van der Waals surface area contributed by atoms with E-state index in [9.17, 15) is 13.2 Å². The number of carboxylic acids is 1. The molecule has 0 aromatic heterocycles. The minimum Gasteiger partial charge on any atom is -0.480 e. The largest absolute Gasteiger partial charge is 0.480 e. The van der Waals surface area contributed by atoms with E-state index in [-0.39, 0.29) is 0 Å². The van der Waals surface area contributed by atoms with Gasteiger partial charge in [0.2, 0.25) is 0 Å². The van der Waals surface area contributed by atoms with Crippen LogP contribution in [0.1, 0.15) is 11.5 Å².